The zero-order chi connectivity index (χ0) is 53.2. The number of pyridine rings is 1. The highest BCUT2D eigenvalue weighted by Crippen LogP contribution is 2.31. The molecule has 0 saturated carbocycles. The van der Waals surface area contributed by atoms with Crippen LogP contribution >= 0.6 is 23.8 Å². The van der Waals surface area contributed by atoms with E-state index in [4.69, 9.17) is 28.8 Å². The van der Waals surface area contributed by atoms with E-state index in [1.54, 1.807) is 63.7 Å². The van der Waals surface area contributed by atoms with E-state index in [-0.39, 0.29) is 34.7 Å². The van der Waals surface area contributed by atoms with Gasteiger partial charge in [0.2, 0.25) is 15.9 Å². The number of anilines is 1. The summed E-state index contributed by atoms with van der Waals surface area (Å²) in [5.74, 6) is 0.199. The number of piperazine rings is 1. The fourth-order valence-electron chi connectivity index (χ4n) is 9.54. The molecule has 1 saturated heterocycles. The minimum atomic E-state index is -3.60. The molecule has 2 amide bonds. The van der Waals surface area contributed by atoms with E-state index in [0.717, 1.165) is 74.6 Å². The molecule has 398 valence electrons. The molecule has 1 aliphatic rings. The van der Waals surface area contributed by atoms with Crippen molar-refractivity contribution in [1.29, 1.82) is 0 Å². The van der Waals surface area contributed by atoms with Crippen LogP contribution in [0.4, 0.5) is 5.69 Å². The topological polar surface area (TPSA) is 162 Å². The van der Waals surface area contributed by atoms with Gasteiger partial charge in [-0.2, -0.15) is 4.31 Å². The average molecular weight is 1070 g/mol. The van der Waals surface area contributed by atoms with Gasteiger partial charge < -0.3 is 25.8 Å². The van der Waals surface area contributed by atoms with Gasteiger partial charge in [-0.1, -0.05) is 118 Å². The molecule has 75 heavy (non-hydrogen) atoms. The Kier molecular flexibility index (Phi) is 21.3. The Hall–Kier alpha value is -6.04. The SMILES string of the molecule is Cc1ccc(C(=O)N(CCCNC(=O)CCCCCCCCCCN2CCN(S(=O)(=O)c3ccc(NC(=S)NCc4cccnc4)cc3)CC2)[C@@H](c2nc3cc(Cl)ccc3c(=O)n2Cc2ccccc2)C(C)C)cc1. The number of unbranched alkanes of at least 4 members (excludes halogenated alkanes) is 7. The molecule has 17 heteroatoms. The predicted octanol–water partition coefficient (Wildman–Crippen LogP) is 10.2. The van der Waals surface area contributed by atoms with Crippen LogP contribution < -0.4 is 21.5 Å². The first kappa shape index (κ1) is 56.7. The van der Waals surface area contributed by atoms with Crippen LogP contribution in [0.15, 0.2) is 131 Å². The van der Waals surface area contributed by atoms with E-state index in [1.165, 1.54) is 0 Å². The van der Waals surface area contributed by atoms with Crippen molar-refractivity contribution >= 4 is 67.4 Å². The van der Waals surface area contributed by atoms with Crippen LogP contribution in [-0.2, 0) is 27.9 Å². The number of hydrogen-bond acceptors (Lipinski definition) is 9. The molecule has 7 rings (SSSR count). The number of fused-ring (bicyclic) bond motifs is 1. The summed E-state index contributed by atoms with van der Waals surface area (Å²) in [7, 11) is -3.60. The minimum absolute atomic E-state index is 0.00415. The second kappa shape index (κ2) is 28.2. The van der Waals surface area contributed by atoms with Crippen LogP contribution in [0, 0.1) is 12.8 Å². The van der Waals surface area contributed by atoms with Gasteiger partial charge in [0, 0.05) is 80.9 Å². The number of nitrogens with one attached hydrogen (secondary N) is 3. The number of benzene rings is 4. The second-order valence-corrected chi connectivity index (χ2v) is 22.6. The highest BCUT2D eigenvalue weighted by atomic mass is 35.5. The van der Waals surface area contributed by atoms with Crippen molar-refractivity contribution in [3.8, 4) is 0 Å². The Morgan fingerprint density at radius 2 is 1.47 bits per heavy atom. The van der Waals surface area contributed by atoms with Crippen LogP contribution in [0.2, 0.25) is 5.02 Å². The summed E-state index contributed by atoms with van der Waals surface area (Å²) < 4.78 is 30.2. The molecule has 6 aromatic rings. The van der Waals surface area contributed by atoms with Crippen molar-refractivity contribution in [1.82, 2.24) is 39.3 Å². The van der Waals surface area contributed by atoms with Crippen LogP contribution in [0.1, 0.15) is 117 Å². The monoisotopic (exact) mass is 1070 g/mol. The number of hydrogen-bond donors (Lipinski definition) is 3. The van der Waals surface area contributed by atoms with Gasteiger partial charge in [-0.3, -0.25) is 23.9 Å². The van der Waals surface area contributed by atoms with Crippen LogP contribution in [0.3, 0.4) is 0 Å². The molecule has 0 bridgehead atoms. The van der Waals surface area contributed by atoms with Gasteiger partial charge in [0.25, 0.3) is 11.5 Å². The standard InChI is InChI=1S/C58H72ClN9O5S2/c1-43(2)54(55-64-52-39-48(59)25-30-51(52)57(71)68(55)42-45-17-11-10-12-18-45)67(56(70)47-23-21-44(3)22-24-47)34-16-32-61-53(69)20-13-8-6-4-5-7-9-14-33-65-35-37-66(38-36-65)75(72,73)50-28-26-49(27-29-50)63-58(74)62-41-46-19-15-31-60-40-46/h10-12,15,17-19,21-31,39-40,43,54H,4-9,13-14,16,20,32-38,41-42H2,1-3H3,(H,61,69)(H2,62,63,74)/t54-/m1/s1. The van der Waals surface area contributed by atoms with Gasteiger partial charge in [-0.25, -0.2) is 13.4 Å². The lowest BCUT2D eigenvalue weighted by Crippen LogP contribution is -2.48. The van der Waals surface area contributed by atoms with E-state index in [2.05, 4.69) is 25.8 Å². The largest absolute Gasteiger partial charge is 0.358 e. The van der Waals surface area contributed by atoms with Crippen LogP contribution in [0.5, 0.6) is 0 Å². The normalized spacial score (nSPS) is 13.7. The van der Waals surface area contributed by atoms with Crippen molar-refractivity contribution in [2.24, 2.45) is 5.92 Å². The van der Waals surface area contributed by atoms with Crippen molar-refractivity contribution in [3.63, 3.8) is 0 Å². The maximum Gasteiger partial charge on any atom is 0.261 e. The molecule has 1 atom stereocenters. The smallest absolute Gasteiger partial charge is 0.261 e. The van der Waals surface area contributed by atoms with Gasteiger partial charge in [-0.05, 0) is 123 Å². The van der Waals surface area contributed by atoms with Gasteiger partial charge >= 0.3 is 0 Å². The molecule has 2 aromatic heterocycles. The molecule has 3 heterocycles. The molecule has 0 spiro atoms. The second-order valence-electron chi connectivity index (χ2n) is 19.8. The van der Waals surface area contributed by atoms with Gasteiger partial charge in [-0.15, -0.1) is 0 Å². The molecular weight excluding hydrogens is 1000 g/mol. The summed E-state index contributed by atoms with van der Waals surface area (Å²) in [5.41, 5.74) is 4.51. The van der Waals surface area contributed by atoms with Crippen molar-refractivity contribution < 1.29 is 18.0 Å². The zero-order valence-electron chi connectivity index (χ0n) is 43.6. The van der Waals surface area contributed by atoms with E-state index in [0.29, 0.717) is 96.8 Å². The van der Waals surface area contributed by atoms with Crippen molar-refractivity contribution in [3.05, 3.63) is 165 Å². The number of amides is 2. The van der Waals surface area contributed by atoms with E-state index < -0.39 is 16.1 Å². The van der Waals surface area contributed by atoms with E-state index >= 15 is 0 Å². The number of carbonyl (C=O) groups is 2. The van der Waals surface area contributed by atoms with Gasteiger partial charge in [0.15, 0.2) is 5.11 Å². The summed E-state index contributed by atoms with van der Waals surface area (Å²) >= 11 is 11.8. The summed E-state index contributed by atoms with van der Waals surface area (Å²) in [4.78, 5) is 55.5. The number of sulfonamides is 1. The maximum absolute atomic E-state index is 14.6. The molecule has 0 unspecified atom stereocenters. The number of thiocarbonyl (C=S) groups is 1. The van der Waals surface area contributed by atoms with Crippen molar-refractivity contribution in [2.45, 2.75) is 109 Å². The third-order valence-electron chi connectivity index (χ3n) is 13.7. The number of aromatic nitrogens is 3. The Labute approximate surface area is 453 Å². The molecule has 3 N–H and O–H groups in total. The van der Waals surface area contributed by atoms with E-state index in [1.807, 2.05) is 92.4 Å². The molecular formula is C58H72ClN9O5S2. The number of halogens is 1. The van der Waals surface area contributed by atoms with E-state index in [9.17, 15) is 22.8 Å². The molecule has 0 aliphatic carbocycles. The molecule has 4 aromatic carbocycles. The van der Waals surface area contributed by atoms with Crippen LogP contribution in [0.25, 0.3) is 10.9 Å². The summed E-state index contributed by atoms with van der Waals surface area (Å²) in [6, 6.07) is 32.4. The first-order chi connectivity index (χ1) is 36.3. The first-order valence-corrected chi connectivity index (χ1v) is 28.6. The average Bonchev–Trinajstić information content (AvgIpc) is 3.41. The maximum atomic E-state index is 14.6. The lowest BCUT2D eigenvalue weighted by atomic mass is 9.98. The first-order valence-electron chi connectivity index (χ1n) is 26.4. The van der Waals surface area contributed by atoms with Crippen LogP contribution in [-0.4, -0.2) is 99.8 Å². The number of nitrogens with zero attached hydrogens (tertiary/aromatic N) is 6. The minimum Gasteiger partial charge on any atom is -0.358 e. The Bertz CT molecular complexity index is 2970. The lowest BCUT2D eigenvalue weighted by Gasteiger charge is -2.35. The number of aryl methyl sites for hydroxylation is 1. The molecule has 1 fully saturated rings. The highest BCUT2D eigenvalue weighted by molar-refractivity contribution is 7.89. The van der Waals surface area contributed by atoms with Crippen molar-refractivity contribution in [2.75, 3.05) is 51.1 Å². The summed E-state index contributed by atoms with van der Waals surface area (Å²) in [6.45, 7) is 11.0. The predicted molar refractivity (Wildman–Crippen MR) is 304 cm³/mol. The highest BCUT2D eigenvalue weighted by Gasteiger charge is 2.33. The molecule has 0 radical (unpaired) electrons. The number of rotatable bonds is 26. The Morgan fingerprint density at radius 1 is 0.787 bits per heavy atom. The fraction of sp³-hybridized carbons (Fsp3) is 0.414. The molecule has 1 aliphatic heterocycles. The van der Waals surface area contributed by atoms with Gasteiger partial charge in [0.05, 0.1) is 28.4 Å². The summed E-state index contributed by atoms with van der Waals surface area (Å²) in [6.07, 6.45) is 13.0. The lowest BCUT2D eigenvalue weighted by molar-refractivity contribution is -0.121. The quantitative estimate of drug-likeness (QED) is 0.0350. The zero-order valence-corrected chi connectivity index (χ0v) is 45.9. The Morgan fingerprint density at radius 3 is 2.15 bits per heavy atom. The van der Waals surface area contributed by atoms with Gasteiger partial charge in [0.1, 0.15) is 5.82 Å². The molecule has 14 nitrogen and oxygen atoms in total. The third kappa shape index (κ3) is 16.5. The third-order valence-corrected chi connectivity index (χ3v) is 16.1. The number of carbonyl (C=O) groups excluding carboxylic acids is 2. The summed E-state index contributed by atoms with van der Waals surface area (Å²) in [5, 5.41) is 10.7. The Balaban J connectivity index is 0.795. The fourth-order valence-corrected chi connectivity index (χ4v) is 11.3.